The SMILES string of the molecule is CCCCNC(=O)C(C)N(Cc1ccc(C)cc1)C(=O)CCc1ccc2c(c1)OCO2. The van der Waals surface area contributed by atoms with Crippen molar-refractivity contribution in [3.63, 3.8) is 0 Å². The van der Waals surface area contributed by atoms with Gasteiger partial charge in [-0.3, -0.25) is 9.59 Å². The normalized spacial score (nSPS) is 13.0. The lowest BCUT2D eigenvalue weighted by molar-refractivity contribution is -0.140. The molecule has 1 aliphatic heterocycles. The number of nitrogens with zero attached hydrogens (tertiary/aromatic N) is 1. The van der Waals surface area contributed by atoms with Crippen LogP contribution in [-0.4, -0.2) is 36.1 Å². The molecule has 0 aromatic heterocycles. The van der Waals surface area contributed by atoms with Crippen LogP contribution in [0.2, 0.25) is 0 Å². The van der Waals surface area contributed by atoms with Gasteiger partial charge in [0.15, 0.2) is 11.5 Å². The highest BCUT2D eigenvalue weighted by Gasteiger charge is 2.26. The van der Waals surface area contributed by atoms with Gasteiger partial charge in [-0.1, -0.05) is 49.2 Å². The van der Waals surface area contributed by atoms with Crippen LogP contribution in [0.3, 0.4) is 0 Å². The molecule has 3 rings (SSSR count). The molecule has 2 aromatic rings. The number of hydrogen-bond donors (Lipinski definition) is 1. The van der Waals surface area contributed by atoms with Crippen molar-refractivity contribution >= 4 is 11.8 Å². The number of nitrogens with one attached hydrogen (secondary N) is 1. The third-order valence-electron chi connectivity index (χ3n) is 5.53. The Balaban J connectivity index is 1.68. The van der Waals surface area contributed by atoms with Crippen LogP contribution in [0, 0.1) is 6.92 Å². The van der Waals surface area contributed by atoms with Crippen molar-refractivity contribution in [2.24, 2.45) is 0 Å². The summed E-state index contributed by atoms with van der Waals surface area (Å²) >= 11 is 0. The molecule has 2 amide bonds. The molecule has 0 fully saturated rings. The molecule has 1 unspecified atom stereocenters. The summed E-state index contributed by atoms with van der Waals surface area (Å²) in [7, 11) is 0. The minimum atomic E-state index is -0.539. The molecule has 2 aromatic carbocycles. The van der Waals surface area contributed by atoms with E-state index in [0.29, 0.717) is 31.7 Å². The number of unbranched alkanes of at least 4 members (excludes halogenated alkanes) is 1. The Morgan fingerprint density at radius 2 is 1.77 bits per heavy atom. The van der Waals surface area contributed by atoms with Crippen molar-refractivity contribution in [3.8, 4) is 11.5 Å². The van der Waals surface area contributed by atoms with Gasteiger partial charge >= 0.3 is 0 Å². The number of hydrogen-bond acceptors (Lipinski definition) is 4. The van der Waals surface area contributed by atoms with E-state index in [0.717, 1.165) is 35.3 Å². The molecular formula is C25H32N2O4. The van der Waals surface area contributed by atoms with E-state index in [2.05, 4.69) is 12.2 Å². The minimum absolute atomic E-state index is 0.0450. The first-order valence-corrected chi connectivity index (χ1v) is 11.0. The van der Waals surface area contributed by atoms with Crippen LogP contribution in [0.5, 0.6) is 11.5 Å². The fourth-order valence-corrected chi connectivity index (χ4v) is 3.50. The second kappa shape index (κ2) is 10.8. The maximum Gasteiger partial charge on any atom is 0.242 e. The van der Waals surface area contributed by atoms with Gasteiger partial charge in [0.2, 0.25) is 18.6 Å². The monoisotopic (exact) mass is 424 g/mol. The van der Waals surface area contributed by atoms with E-state index in [1.165, 1.54) is 0 Å². The first-order valence-electron chi connectivity index (χ1n) is 11.0. The van der Waals surface area contributed by atoms with E-state index in [-0.39, 0.29) is 18.6 Å². The third-order valence-corrected chi connectivity index (χ3v) is 5.53. The maximum atomic E-state index is 13.2. The molecule has 1 N–H and O–H groups in total. The summed E-state index contributed by atoms with van der Waals surface area (Å²) in [6, 6.07) is 13.3. The molecule has 6 heteroatoms. The van der Waals surface area contributed by atoms with Crippen LogP contribution in [0.1, 0.15) is 49.8 Å². The average Bonchev–Trinajstić information content (AvgIpc) is 3.24. The molecule has 0 radical (unpaired) electrons. The molecule has 0 saturated carbocycles. The number of aryl methyl sites for hydroxylation is 2. The van der Waals surface area contributed by atoms with Gasteiger partial charge in [0.05, 0.1) is 0 Å². The van der Waals surface area contributed by atoms with Gasteiger partial charge in [0.25, 0.3) is 0 Å². The zero-order valence-electron chi connectivity index (χ0n) is 18.6. The molecule has 6 nitrogen and oxygen atoms in total. The number of ether oxygens (including phenoxy) is 2. The van der Waals surface area contributed by atoms with Crippen molar-refractivity contribution in [2.45, 2.75) is 59.0 Å². The lowest BCUT2D eigenvalue weighted by atomic mass is 10.1. The second-order valence-electron chi connectivity index (χ2n) is 8.02. The topological polar surface area (TPSA) is 67.9 Å². The van der Waals surface area contributed by atoms with Crippen LogP contribution < -0.4 is 14.8 Å². The van der Waals surface area contributed by atoms with Crippen LogP contribution in [0.4, 0.5) is 0 Å². The lowest BCUT2D eigenvalue weighted by Crippen LogP contribution is -2.47. The Morgan fingerprint density at radius 3 is 2.52 bits per heavy atom. The van der Waals surface area contributed by atoms with Gasteiger partial charge in [-0.25, -0.2) is 0 Å². The molecule has 0 bridgehead atoms. The lowest BCUT2D eigenvalue weighted by Gasteiger charge is -2.29. The van der Waals surface area contributed by atoms with Crippen LogP contribution in [-0.2, 0) is 22.6 Å². The number of rotatable bonds is 10. The summed E-state index contributed by atoms with van der Waals surface area (Å²) in [5.41, 5.74) is 3.18. The number of fused-ring (bicyclic) bond motifs is 1. The molecule has 1 aliphatic rings. The quantitative estimate of drug-likeness (QED) is 0.586. The smallest absolute Gasteiger partial charge is 0.242 e. The molecule has 0 saturated heterocycles. The molecule has 0 spiro atoms. The van der Waals surface area contributed by atoms with Crippen molar-refractivity contribution < 1.29 is 19.1 Å². The van der Waals surface area contributed by atoms with Crippen molar-refractivity contribution in [2.75, 3.05) is 13.3 Å². The highest BCUT2D eigenvalue weighted by atomic mass is 16.7. The van der Waals surface area contributed by atoms with Gasteiger partial charge in [0.1, 0.15) is 6.04 Å². The summed E-state index contributed by atoms with van der Waals surface area (Å²) in [4.78, 5) is 27.5. The predicted octanol–water partition coefficient (Wildman–Crippen LogP) is 3.99. The predicted molar refractivity (Wildman–Crippen MR) is 120 cm³/mol. The Labute approximate surface area is 184 Å². The number of carbonyl (C=O) groups excluding carboxylic acids is 2. The van der Waals surface area contributed by atoms with Crippen LogP contribution in [0.25, 0.3) is 0 Å². The highest BCUT2D eigenvalue weighted by Crippen LogP contribution is 2.32. The van der Waals surface area contributed by atoms with Crippen LogP contribution >= 0.6 is 0 Å². The van der Waals surface area contributed by atoms with Gasteiger partial charge < -0.3 is 19.7 Å². The molecule has 0 aliphatic carbocycles. The zero-order chi connectivity index (χ0) is 22.2. The van der Waals surface area contributed by atoms with E-state index in [9.17, 15) is 9.59 Å². The maximum absolute atomic E-state index is 13.2. The zero-order valence-corrected chi connectivity index (χ0v) is 18.6. The van der Waals surface area contributed by atoms with Gasteiger partial charge in [-0.15, -0.1) is 0 Å². The van der Waals surface area contributed by atoms with Crippen molar-refractivity contribution in [1.29, 1.82) is 0 Å². The average molecular weight is 425 g/mol. The largest absolute Gasteiger partial charge is 0.454 e. The van der Waals surface area contributed by atoms with Crippen molar-refractivity contribution in [1.82, 2.24) is 10.2 Å². The summed E-state index contributed by atoms with van der Waals surface area (Å²) in [6.07, 6.45) is 2.83. The van der Waals surface area contributed by atoms with Gasteiger partial charge in [-0.05, 0) is 49.9 Å². The first kappa shape index (κ1) is 22.7. The molecule has 1 heterocycles. The van der Waals surface area contributed by atoms with Gasteiger partial charge in [0, 0.05) is 19.5 Å². The fraction of sp³-hybridized carbons (Fsp3) is 0.440. The summed E-state index contributed by atoms with van der Waals surface area (Å²) in [5, 5.41) is 2.95. The second-order valence-corrected chi connectivity index (χ2v) is 8.02. The van der Waals surface area contributed by atoms with Crippen molar-refractivity contribution in [3.05, 3.63) is 59.2 Å². The standard InChI is InChI=1S/C25H32N2O4/c1-4-5-14-26-25(29)19(3)27(16-21-8-6-18(2)7-9-21)24(28)13-11-20-10-12-22-23(15-20)31-17-30-22/h6-10,12,15,19H,4-5,11,13-14,16-17H2,1-3H3,(H,26,29). The van der Waals surface area contributed by atoms with E-state index in [1.807, 2.05) is 49.4 Å². The summed E-state index contributed by atoms with van der Waals surface area (Å²) < 4.78 is 10.8. The minimum Gasteiger partial charge on any atom is -0.454 e. The summed E-state index contributed by atoms with van der Waals surface area (Å²) in [5.74, 6) is 1.28. The Kier molecular flexibility index (Phi) is 7.93. The molecular weight excluding hydrogens is 392 g/mol. The molecule has 31 heavy (non-hydrogen) atoms. The van der Waals surface area contributed by atoms with E-state index in [1.54, 1.807) is 11.8 Å². The first-order chi connectivity index (χ1) is 15.0. The molecule has 1 atom stereocenters. The third kappa shape index (κ3) is 6.23. The Bertz CT molecular complexity index is 895. The van der Waals surface area contributed by atoms with E-state index >= 15 is 0 Å². The van der Waals surface area contributed by atoms with Crippen LogP contribution in [0.15, 0.2) is 42.5 Å². The Morgan fingerprint density at radius 1 is 1.06 bits per heavy atom. The summed E-state index contributed by atoms with van der Waals surface area (Å²) in [6.45, 7) is 7.17. The fourth-order valence-electron chi connectivity index (χ4n) is 3.50. The van der Waals surface area contributed by atoms with Gasteiger partial charge in [-0.2, -0.15) is 0 Å². The van der Waals surface area contributed by atoms with E-state index < -0.39 is 6.04 Å². The molecule has 166 valence electrons. The number of benzene rings is 2. The number of amides is 2. The Hall–Kier alpha value is -3.02. The number of carbonyl (C=O) groups is 2. The highest BCUT2D eigenvalue weighted by molar-refractivity contribution is 5.87. The van der Waals surface area contributed by atoms with E-state index in [4.69, 9.17) is 9.47 Å².